The van der Waals surface area contributed by atoms with E-state index in [4.69, 9.17) is 16.7 Å². The fourth-order valence-corrected chi connectivity index (χ4v) is 1.46. The number of carbonyl (C=O) groups is 1. The Morgan fingerprint density at radius 2 is 2.36 bits per heavy atom. The Morgan fingerprint density at radius 1 is 1.64 bits per heavy atom. The first-order valence-electron chi connectivity index (χ1n) is 3.84. The van der Waals surface area contributed by atoms with Crippen molar-refractivity contribution in [3.8, 4) is 0 Å². The third-order valence-corrected chi connectivity index (χ3v) is 2.04. The van der Waals surface area contributed by atoms with Gasteiger partial charge in [0.2, 0.25) is 0 Å². The largest absolute Gasteiger partial charge is 0.477 e. The van der Waals surface area contributed by atoms with Gasteiger partial charge in [0.05, 0.1) is 6.20 Å². The molecule has 0 fully saturated rings. The highest BCUT2D eigenvalue weighted by molar-refractivity contribution is 6.29. The Bertz CT molecular complexity index is 521. The lowest BCUT2D eigenvalue weighted by molar-refractivity contribution is 0.0699. The molecule has 0 spiro atoms. The molecule has 0 aliphatic carbocycles. The molecule has 0 atom stereocenters. The van der Waals surface area contributed by atoms with Crippen LogP contribution in [0.1, 0.15) is 16.1 Å². The maximum Gasteiger partial charge on any atom is 0.341 e. The van der Waals surface area contributed by atoms with Gasteiger partial charge in [-0.3, -0.25) is 0 Å². The number of fused-ring (bicyclic) bond motifs is 1. The summed E-state index contributed by atoms with van der Waals surface area (Å²) in [6.45, 7) is 1.78. The third kappa shape index (κ3) is 1.22. The summed E-state index contributed by atoms with van der Waals surface area (Å²) in [5, 5.41) is 13.0. The molecule has 0 bridgehead atoms. The quantitative estimate of drug-likeness (QED) is 0.724. The standard InChI is InChI=1S/C8H6ClN3O2/c1-4-2-6(9)11-7-5(8(13)14)3-10-12(4)7/h2-3H,1H3,(H,13,14). The molecule has 2 aromatic rings. The molecule has 0 saturated carbocycles. The van der Waals surface area contributed by atoms with Crippen molar-refractivity contribution in [1.82, 2.24) is 14.6 Å². The summed E-state index contributed by atoms with van der Waals surface area (Å²) in [6, 6.07) is 1.62. The fourth-order valence-electron chi connectivity index (χ4n) is 1.23. The van der Waals surface area contributed by atoms with E-state index in [1.165, 1.54) is 10.7 Å². The topological polar surface area (TPSA) is 67.5 Å². The van der Waals surface area contributed by atoms with Crippen LogP contribution in [0, 0.1) is 6.92 Å². The molecular formula is C8H6ClN3O2. The molecule has 0 amide bonds. The van der Waals surface area contributed by atoms with Gasteiger partial charge in [-0.2, -0.15) is 5.10 Å². The number of rotatable bonds is 1. The van der Waals surface area contributed by atoms with Gasteiger partial charge >= 0.3 is 5.97 Å². The number of nitrogens with zero attached hydrogens (tertiary/aromatic N) is 3. The molecule has 0 aromatic carbocycles. The Hall–Kier alpha value is -1.62. The van der Waals surface area contributed by atoms with Crippen molar-refractivity contribution in [3.05, 3.63) is 28.7 Å². The predicted molar refractivity (Wildman–Crippen MR) is 49.7 cm³/mol. The lowest BCUT2D eigenvalue weighted by atomic mass is 10.3. The number of carboxylic acids is 1. The van der Waals surface area contributed by atoms with E-state index in [0.717, 1.165) is 5.69 Å². The van der Waals surface area contributed by atoms with E-state index in [1.807, 2.05) is 0 Å². The summed E-state index contributed by atoms with van der Waals surface area (Å²) < 4.78 is 1.44. The highest BCUT2D eigenvalue weighted by atomic mass is 35.5. The van der Waals surface area contributed by atoms with E-state index in [0.29, 0.717) is 0 Å². The fraction of sp³-hybridized carbons (Fsp3) is 0.125. The summed E-state index contributed by atoms with van der Waals surface area (Å²) in [5.41, 5.74) is 1.06. The van der Waals surface area contributed by atoms with Crippen LogP contribution in [0.2, 0.25) is 5.15 Å². The Morgan fingerprint density at radius 3 is 3.00 bits per heavy atom. The van der Waals surface area contributed by atoms with Gasteiger partial charge in [-0.05, 0) is 13.0 Å². The van der Waals surface area contributed by atoms with Crippen molar-refractivity contribution in [1.29, 1.82) is 0 Å². The van der Waals surface area contributed by atoms with E-state index in [9.17, 15) is 4.79 Å². The first-order valence-corrected chi connectivity index (χ1v) is 4.21. The maximum absolute atomic E-state index is 10.8. The molecule has 5 nitrogen and oxygen atoms in total. The van der Waals surface area contributed by atoms with E-state index >= 15 is 0 Å². The minimum Gasteiger partial charge on any atom is -0.477 e. The molecule has 0 aliphatic rings. The highest BCUT2D eigenvalue weighted by Crippen LogP contribution is 2.14. The van der Waals surface area contributed by atoms with Gasteiger partial charge < -0.3 is 5.11 Å². The molecule has 2 rings (SSSR count). The second-order valence-electron chi connectivity index (χ2n) is 2.82. The van der Waals surface area contributed by atoms with Crippen molar-refractivity contribution >= 4 is 23.2 Å². The Balaban J connectivity index is 2.85. The summed E-state index contributed by atoms with van der Waals surface area (Å²) in [5.74, 6) is -1.06. The van der Waals surface area contributed by atoms with Gasteiger partial charge in [0.15, 0.2) is 5.65 Å². The van der Waals surface area contributed by atoms with Crippen LogP contribution in [0.4, 0.5) is 0 Å². The van der Waals surface area contributed by atoms with Crippen molar-refractivity contribution in [2.24, 2.45) is 0 Å². The van der Waals surface area contributed by atoms with Crippen LogP contribution in [-0.4, -0.2) is 25.7 Å². The Labute approximate surface area is 83.9 Å². The predicted octanol–water partition coefficient (Wildman–Crippen LogP) is 1.39. The van der Waals surface area contributed by atoms with E-state index in [-0.39, 0.29) is 16.4 Å². The molecule has 6 heteroatoms. The second kappa shape index (κ2) is 2.95. The number of aryl methyl sites for hydroxylation is 1. The van der Waals surface area contributed by atoms with Crippen LogP contribution >= 0.6 is 11.6 Å². The lowest BCUT2D eigenvalue weighted by Crippen LogP contribution is -1.99. The van der Waals surface area contributed by atoms with Gasteiger partial charge in [-0.1, -0.05) is 11.6 Å². The summed E-state index contributed by atoms with van der Waals surface area (Å²) in [6.07, 6.45) is 1.26. The van der Waals surface area contributed by atoms with Crippen LogP contribution in [0.25, 0.3) is 5.65 Å². The lowest BCUT2D eigenvalue weighted by Gasteiger charge is -1.98. The van der Waals surface area contributed by atoms with Gasteiger partial charge in [0.25, 0.3) is 0 Å². The van der Waals surface area contributed by atoms with Crippen LogP contribution in [0.5, 0.6) is 0 Å². The molecule has 2 aromatic heterocycles. The van der Waals surface area contributed by atoms with Gasteiger partial charge in [-0.25, -0.2) is 14.3 Å². The van der Waals surface area contributed by atoms with Crippen molar-refractivity contribution in [2.75, 3.05) is 0 Å². The highest BCUT2D eigenvalue weighted by Gasteiger charge is 2.13. The van der Waals surface area contributed by atoms with E-state index in [1.54, 1.807) is 13.0 Å². The second-order valence-corrected chi connectivity index (χ2v) is 3.21. The maximum atomic E-state index is 10.8. The van der Waals surface area contributed by atoms with Crippen LogP contribution in [0.15, 0.2) is 12.3 Å². The van der Waals surface area contributed by atoms with Gasteiger partial charge in [0, 0.05) is 5.69 Å². The number of aromatic nitrogens is 3. The smallest absolute Gasteiger partial charge is 0.341 e. The van der Waals surface area contributed by atoms with Crippen molar-refractivity contribution in [2.45, 2.75) is 6.92 Å². The minimum atomic E-state index is -1.06. The molecule has 0 saturated heterocycles. The molecule has 14 heavy (non-hydrogen) atoms. The number of hydrogen-bond acceptors (Lipinski definition) is 3. The summed E-state index contributed by atoms with van der Waals surface area (Å²) in [4.78, 5) is 14.7. The molecule has 0 aliphatic heterocycles. The van der Waals surface area contributed by atoms with Crippen molar-refractivity contribution < 1.29 is 9.90 Å². The van der Waals surface area contributed by atoms with Crippen LogP contribution in [-0.2, 0) is 0 Å². The molecule has 0 radical (unpaired) electrons. The van der Waals surface area contributed by atoms with Crippen LogP contribution in [0.3, 0.4) is 0 Å². The molecule has 0 unspecified atom stereocenters. The van der Waals surface area contributed by atoms with Gasteiger partial charge in [0.1, 0.15) is 10.7 Å². The van der Waals surface area contributed by atoms with Crippen molar-refractivity contribution in [3.63, 3.8) is 0 Å². The summed E-state index contributed by atoms with van der Waals surface area (Å²) in [7, 11) is 0. The van der Waals surface area contributed by atoms with Crippen LogP contribution < -0.4 is 0 Å². The zero-order valence-electron chi connectivity index (χ0n) is 7.23. The first-order chi connectivity index (χ1) is 6.59. The minimum absolute atomic E-state index is 0.0515. The van der Waals surface area contributed by atoms with E-state index in [2.05, 4.69) is 10.1 Å². The first kappa shape index (κ1) is 8.96. The van der Waals surface area contributed by atoms with E-state index < -0.39 is 5.97 Å². The molecular weight excluding hydrogens is 206 g/mol. The SMILES string of the molecule is Cc1cc(Cl)nc2c(C(=O)O)cnn12. The molecule has 72 valence electrons. The molecule has 1 N–H and O–H groups in total. The number of carboxylic acid groups (broad SMARTS) is 1. The number of aromatic carboxylic acids is 1. The number of halogens is 1. The zero-order chi connectivity index (χ0) is 10.3. The average Bonchev–Trinajstić information content (AvgIpc) is 2.47. The monoisotopic (exact) mass is 211 g/mol. The van der Waals surface area contributed by atoms with Gasteiger partial charge in [-0.15, -0.1) is 0 Å². The Kier molecular flexibility index (Phi) is 1.89. The molecule has 2 heterocycles. The number of hydrogen-bond donors (Lipinski definition) is 1. The summed E-state index contributed by atoms with van der Waals surface area (Å²) >= 11 is 5.71. The average molecular weight is 212 g/mol. The normalized spacial score (nSPS) is 10.7. The zero-order valence-corrected chi connectivity index (χ0v) is 7.99. The third-order valence-electron chi connectivity index (χ3n) is 1.85.